The van der Waals surface area contributed by atoms with Crippen LogP contribution in [0.25, 0.3) is 10.8 Å². The van der Waals surface area contributed by atoms with Gasteiger partial charge in [-0.15, -0.1) is 0 Å². The molecule has 0 aliphatic carbocycles. The monoisotopic (exact) mass is 319 g/mol. The van der Waals surface area contributed by atoms with Gasteiger partial charge in [0.15, 0.2) is 6.10 Å². The molecule has 1 N–H and O–H groups in total. The molecular weight excluding hydrogens is 298 g/mol. The SMILES string of the molecule is CCc1ccccc1NC(=O)C(C)Oc1ccc2ccccc2c1. The Bertz CT molecular complexity index is 857. The van der Waals surface area contributed by atoms with Crippen LogP contribution in [0.3, 0.4) is 0 Å². The van der Waals surface area contributed by atoms with E-state index in [1.807, 2.05) is 60.7 Å². The summed E-state index contributed by atoms with van der Waals surface area (Å²) in [5.74, 6) is 0.546. The first-order valence-electron chi connectivity index (χ1n) is 8.21. The summed E-state index contributed by atoms with van der Waals surface area (Å²) in [5, 5.41) is 5.20. The molecule has 3 aromatic carbocycles. The summed E-state index contributed by atoms with van der Waals surface area (Å²) in [4.78, 5) is 12.4. The normalized spacial score (nSPS) is 11.9. The highest BCUT2D eigenvalue weighted by Crippen LogP contribution is 2.22. The zero-order valence-electron chi connectivity index (χ0n) is 14.0. The van der Waals surface area contributed by atoms with Crippen molar-refractivity contribution in [1.82, 2.24) is 0 Å². The molecular formula is C21H21NO2. The molecule has 0 saturated heterocycles. The van der Waals surface area contributed by atoms with Crippen LogP contribution in [0, 0.1) is 0 Å². The van der Waals surface area contributed by atoms with Gasteiger partial charge in [-0.05, 0) is 47.9 Å². The molecule has 3 rings (SSSR count). The quantitative estimate of drug-likeness (QED) is 0.733. The third kappa shape index (κ3) is 3.57. The molecule has 0 aliphatic rings. The third-order valence-corrected chi connectivity index (χ3v) is 4.06. The molecule has 3 heteroatoms. The molecule has 122 valence electrons. The van der Waals surface area contributed by atoms with Crippen molar-refractivity contribution in [3.63, 3.8) is 0 Å². The number of rotatable bonds is 5. The predicted octanol–water partition coefficient (Wildman–Crippen LogP) is 4.81. The second-order valence-electron chi connectivity index (χ2n) is 5.77. The molecule has 3 nitrogen and oxygen atoms in total. The van der Waals surface area contributed by atoms with Crippen molar-refractivity contribution in [1.29, 1.82) is 0 Å². The van der Waals surface area contributed by atoms with E-state index in [0.29, 0.717) is 5.75 Å². The van der Waals surface area contributed by atoms with Crippen LogP contribution in [-0.4, -0.2) is 12.0 Å². The van der Waals surface area contributed by atoms with Crippen LogP contribution in [0.15, 0.2) is 66.7 Å². The molecule has 0 bridgehead atoms. The molecule has 1 unspecified atom stereocenters. The maximum Gasteiger partial charge on any atom is 0.265 e. The van der Waals surface area contributed by atoms with E-state index in [4.69, 9.17) is 4.74 Å². The van der Waals surface area contributed by atoms with Gasteiger partial charge in [-0.25, -0.2) is 0 Å². The average Bonchev–Trinajstić information content (AvgIpc) is 2.62. The van der Waals surface area contributed by atoms with Gasteiger partial charge in [0.25, 0.3) is 5.91 Å². The first kappa shape index (κ1) is 16.1. The predicted molar refractivity (Wildman–Crippen MR) is 98.5 cm³/mol. The standard InChI is InChI=1S/C21H21NO2/c1-3-16-8-6-7-11-20(16)22-21(23)15(2)24-19-13-12-17-9-4-5-10-18(17)14-19/h4-15H,3H2,1-2H3,(H,22,23). The number of fused-ring (bicyclic) bond motifs is 1. The minimum absolute atomic E-state index is 0.149. The van der Waals surface area contributed by atoms with E-state index in [1.54, 1.807) is 6.92 Å². The van der Waals surface area contributed by atoms with Crippen LogP contribution in [-0.2, 0) is 11.2 Å². The summed E-state index contributed by atoms with van der Waals surface area (Å²) in [6, 6.07) is 21.8. The number of carbonyl (C=O) groups excluding carboxylic acids is 1. The van der Waals surface area contributed by atoms with Crippen molar-refractivity contribution in [2.45, 2.75) is 26.4 Å². The molecule has 3 aromatic rings. The highest BCUT2D eigenvalue weighted by atomic mass is 16.5. The van der Waals surface area contributed by atoms with Crippen LogP contribution in [0.4, 0.5) is 5.69 Å². The van der Waals surface area contributed by atoms with Gasteiger partial charge in [-0.1, -0.05) is 55.5 Å². The molecule has 0 fully saturated rings. The number of anilines is 1. The summed E-state index contributed by atoms with van der Waals surface area (Å²) >= 11 is 0. The number of benzene rings is 3. The Balaban J connectivity index is 1.71. The van der Waals surface area contributed by atoms with Crippen LogP contribution in [0.2, 0.25) is 0 Å². The van der Waals surface area contributed by atoms with Crippen LogP contribution >= 0.6 is 0 Å². The van der Waals surface area contributed by atoms with Gasteiger partial charge in [-0.2, -0.15) is 0 Å². The molecule has 0 spiro atoms. The Kier molecular flexibility index (Phi) is 4.80. The minimum atomic E-state index is -0.573. The van der Waals surface area contributed by atoms with Crippen molar-refractivity contribution in [2.75, 3.05) is 5.32 Å². The molecule has 1 amide bonds. The molecule has 0 aromatic heterocycles. The van der Waals surface area contributed by atoms with Gasteiger partial charge in [0.1, 0.15) is 5.75 Å². The zero-order valence-corrected chi connectivity index (χ0v) is 14.0. The topological polar surface area (TPSA) is 38.3 Å². The van der Waals surface area contributed by atoms with Crippen molar-refractivity contribution in [3.05, 3.63) is 72.3 Å². The highest BCUT2D eigenvalue weighted by molar-refractivity contribution is 5.95. The van der Waals surface area contributed by atoms with Gasteiger partial charge >= 0.3 is 0 Å². The fourth-order valence-corrected chi connectivity index (χ4v) is 2.68. The lowest BCUT2D eigenvalue weighted by molar-refractivity contribution is -0.122. The number of hydrogen-bond donors (Lipinski definition) is 1. The van der Waals surface area contributed by atoms with Gasteiger partial charge < -0.3 is 10.1 Å². The summed E-state index contributed by atoms with van der Waals surface area (Å²) in [6.07, 6.45) is 0.298. The van der Waals surface area contributed by atoms with E-state index in [2.05, 4.69) is 18.3 Å². The van der Waals surface area contributed by atoms with Gasteiger partial charge in [0.2, 0.25) is 0 Å². The molecule has 0 saturated carbocycles. The van der Waals surface area contributed by atoms with Gasteiger partial charge in [0.05, 0.1) is 0 Å². The molecule has 0 aliphatic heterocycles. The van der Waals surface area contributed by atoms with Gasteiger partial charge in [0, 0.05) is 5.69 Å². The van der Waals surface area contributed by atoms with E-state index in [1.165, 1.54) is 0 Å². The third-order valence-electron chi connectivity index (χ3n) is 4.06. The lowest BCUT2D eigenvalue weighted by Gasteiger charge is -2.16. The van der Waals surface area contributed by atoms with E-state index in [-0.39, 0.29) is 5.91 Å². The Hall–Kier alpha value is -2.81. The first-order chi connectivity index (χ1) is 11.7. The number of aryl methyl sites for hydroxylation is 1. The van der Waals surface area contributed by atoms with Crippen molar-refractivity contribution < 1.29 is 9.53 Å². The summed E-state index contributed by atoms with van der Waals surface area (Å²) in [5.41, 5.74) is 1.96. The number of para-hydroxylation sites is 1. The van der Waals surface area contributed by atoms with Crippen molar-refractivity contribution in [3.8, 4) is 5.75 Å². The Morgan fingerprint density at radius 3 is 2.50 bits per heavy atom. The fourth-order valence-electron chi connectivity index (χ4n) is 2.68. The maximum atomic E-state index is 12.4. The Labute approximate surface area is 142 Å². The molecule has 0 radical (unpaired) electrons. The number of ether oxygens (including phenoxy) is 1. The number of carbonyl (C=O) groups is 1. The number of nitrogens with one attached hydrogen (secondary N) is 1. The maximum absolute atomic E-state index is 12.4. The lowest BCUT2D eigenvalue weighted by Crippen LogP contribution is -2.30. The first-order valence-corrected chi connectivity index (χ1v) is 8.21. The van der Waals surface area contributed by atoms with E-state index in [0.717, 1.165) is 28.4 Å². The van der Waals surface area contributed by atoms with Gasteiger partial charge in [-0.3, -0.25) is 4.79 Å². The van der Waals surface area contributed by atoms with Crippen LogP contribution < -0.4 is 10.1 Å². The summed E-state index contributed by atoms with van der Waals surface area (Å²) in [7, 11) is 0. The number of amides is 1. The average molecular weight is 319 g/mol. The van der Waals surface area contributed by atoms with Crippen molar-refractivity contribution >= 4 is 22.4 Å². The summed E-state index contributed by atoms with van der Waals surface area (Å²) < 4.78 is 5.82. The largest absolute Gasteiger partial charge is 0.481 e. The second kappa shape index (κ2) is 7.18. The van der Waals surface area contributed by atoms with E-state index in [9.17, 15) is 4.79 Å². The zero-order chi connectivity index (χ0) is 16.9. The van der Waals surface area contributed by atoms with Crippen LogP contribution in [0.1, 0.15) is 19.4 Å². The summed E-state index contributed by atoms with van der Waals surface area (Å²) in [6.45, 7) is 3.83. The van der Waals surface area contributed by atoms with E-state index < -0.39 is 6.10 Å². The van der Waals surface area contributed by atoms with Crippen molar-refractivity contribution in [2.24, 2.45) is 0 Å². The molecule has 1 atom stereocenters. The Morgan fingerprint density at radius 1 is 1.00 bits per heavy atom. The lowest BCUT2D eigenvalue weighted by atomic mass is 10.1. The van der Waals surface area contributed by atoms with E-state index >= 15 is 0 Å². The van der Waals surface area contributed by atoms with Crippen LogP contribution in [0.5, 0.6) is 5.75 Å². The number of hydrogen-bond acceptors (Lipinski definition) is 2. The molecule has 0 heterocycles. The fraction of sp³-hybridized carbons (Fsp3) is 0.190. The molecule has 24 heavy (non-hydrogen) atoms. The smallest absolute Gasteiger partial charge is 0.265 e. The minimum Gasteiger partial charge on any atom is -0.481 e. The second-order valence-corrected chi connectivity index (χ2v) is 5.77. The highest BCUT2D eigenvalue weighted by Gasteiger charge is 2.16. The Morgan fingerprint density at radius 2 is 1.71 bits per heavy atom.